The van der Waals surface area contributed by atoms with Gasteiger partial charge in [0, 0.05) is 35.1 Å². The van der Waals surface area contributed by atoms with Crippen molar-refractivity contribution >= 4 is 28.3 Å². The van der Waals surface area contributed by atoms with Crippen molar-refractivity contribution in [1.29, 1.82) is 0 Å². The Kier molecular flexibility index (Phi) is 7.86. The molecule has 0 saturated carbocycles. The molecule has 2 amide bonds. The molecule has 2 aliphatic rings. The number of carbonyl (C=O) groups is 2. The minimum absolute atomic E-state index is 0.0760. The van der Waals surface area contributed by atoms with E-state index in [1.165, 1.54) is 12.8 Å². The third-order valence-corrected chi connectivity index (χ3v) is 9.44. The van der Waals surface area contributed by atoms with Crippen molar-refractivity contribution in [3.63, 3.8) is 0 Å². The summed E-state index contributed by atoms with van der Waals surface area (Å²) in [5.41, 5.74) is 5.91. The summed E-state index contributed by atoms with van der Waals surface area (Å²) < 4.78 is 7.90. The second-order valence-electron chi connectivity index (χ2n) is 12.1. The first kappa shape index (κ1) is 28.9. The number of methoxy groups -OCH3 is 1. The Labute approximate surface area is 264 Å². The van der Waals surface area contributed by atoms with Crippen LogP contribution in [0.2, 0.25) is 0 Å². The smallest absolute Gasteiger partial charge is 0.267 e. The molecule has 2 aliphatic heterocycles. The first-order valence-corrected chi connectivity index (χ1v) is 15.7. The summed E-state index contributed by atoms with van der Waals surface area (Å²) in [6, 6.07) is 32.5. The van der Waals surface area contributed by atoms with Gasteiger partial charge in [0.2, 0.25) is 0 Å². The zero-order chi connectivity index (χ0) is 30.9. The van der Waals surface area contributed by atoms with Crippen LogP contribution >= 0.6 is 0 Å². The molecule has 1 aromatic heterocycles. The molecule has 4 aromatic carbocycles. The molecule has 7 nitrogen and oxygen atoms in total. The van der Waals surface area contributed by atoms with Gasteiger partial charge in [-0.1, -0.05) is 60.7 Å². The molecule has 1 N–H and O–H groups in total. The Morgan fingerprint density at radius 1 is 0.889 bits per heavy atom. The largest absolute Gasteiger partial charge is 0.496 e. The molecule has 5 aromatic rings. The monoisotopic (exact) mass is 598 g/mol. The fourth-order valence-electron chi connectivity index (χ4n) is 6.99. The Morgan fingerprint density at radius 2 is 1.71 bits per heavy atom. The van der Waals surface area contributed by atoms with E-state index in [4.69, 9.17) is 4.74 Å². The third kappa shape index (κ3) is 5.49. The van der Waals surface area contributed by atoms with Gasteiger partial charge in [0.05, 0.1) is 20.2 Å². The van der Waals surface area contributed by atoms with Crippen LogP contribution in [0.1, 0.15) is 51.4 Å². The molecule has 228 valence electrons. The van der Waals surface area contributed by atoms with Crippen LogP contribution in [0.4, 0.5) is 5.69 Å². The summed E-state index contributed by atoms with van der Waals surface area (Å²) >= 11 is 0. The number of nitrogens with one attached hydrogen (secondary N) is 1. The van der Waals surface area contributed by atoms with Crippen LogP contribution in [0, 0.1) is 0 Å². The van der Waals surface area contributed by atoms with Crippen LogP contribution < -0.4 is 15.0 Å². The minimum Gasteiger partial charge on any atom is -0.496 e. The van der Waals surface area contributed by atoms with Gasteiger partial charge in [0.1, 0.15) is 11.4 Å². The van der Waals surface area contributed by atoms with E-state index < -0.39 is 0 Å². The van der Waals surface area contributed by atoms with Gasteiger partial charge in [-0.15, -0.1) is 0 Å². The second kappa shape index (κ2) is 12.3. The first-order valence-electron chi connectivity index (χ1n) is 15.7. The Hall–Kier alpha value is -4.88. The number of fused-ring (bicyclic) bond motifs is 3. The minimum atomic E-state index is -0.119. The van der Waals surface area contributed by atoms with E-state index in [2.05, 4.69) is 41.5 Å². The Bertz CT molecular complexity index is 1890. The highest BCUT2D eigenvalue weighted by Crippen LogP contribution is 2.37. The summed E-state index contributed by atoms with van der Waals surface area (Å²) in [5, 5.41) is 5.43. The highest BCUT2D eigenvalue weighted by Gasteiger charge is 2.28. The van der Waals surface area contributed by atoms with Crippen molar-refractivity contribution in [3.8, 4) is 16.9 Å². The van der Waals surface area contributed by atoms with Gasteiger partial charge in [-0.3, -0.25) is 9.59 Å². The molecule has 0 spiro atoms. The zero-order valence-corrected chi connectivity index (χ0v) is 25.8. The van der Waals surface area contributed by atoms with E-state index in [9.17, 15) is 9.59 Å². The summed E-state index contributed by atoms with van der Waals surface area (Å²) in [6.45, 7) is 2.63. The van der Waals surface area contributed by atoms with Gasteiger partial charge in [0.15, 0.2) is 0 Å². The number of rotatable bonds is 7. The van der Waals surface area contributed by atoms with E-state index in [0.29, 0.717) is 42.7 Å². The number of hydrogen-bond acceptors (Lipinski definition) is 4. The number of anilines is 1. The summed E-state index contributed by atoms with van der Waals surface area (Å²) in [6.07, 6.45) is 3.35. The standard InChI is InChI=1S/C38H38N4O3/c1-40-22-8-12-29(40)20-21-39-37(43)35-19-17-30-25-42(34-15-6-4-10-28(34)24-41(30)35)38(44)27-16-18-33(36(23-27)45-2)32-14-7-11-26-9-3-5-13-31(26)32/h3-7,9-11,13-19,23,29H,8,12,20-22,24-25H2,1-2H3,(H,39,43). The first-order chi connectivity index (χ1) is 22.0. The maximum atomic E-state index is 14.3. The molecule has 0 bridgehead atoms. The van der Waals surface area contributed by atoms with Crippen molar-refractivity contribution in [1.82, 2.24) is 14.8 Å². The highest BCUT2D eigenvalue weighted by atomic mass is 16.5. The van der Waals surface area contributed by atoms with Crippen LogP contribution in [0.3, 0.4) is 0 Å². The zero-order valence-electron chi connectivity index (χ0n) is 25.8. The number of amides is 2. The number of carbonyl (C=O) groups excluding carboxylic acids is 2. The fraction of sp³-hybridized carbons (Fsp3) is 0.263. The van der Waals surface area contributed by atoms with Crippen LogP contribution in [-0.4, -0.2) is 54.6 Å². The molecule has 1 saturated heterocycles. The molecule has 0 radical (unpaired) electrons. The van der Waals surface area contributed by atoms with Gasteiger partial charge < -0.3 is 24.4 Å². The average molecular weight is 599 g/mol. The number of benzene rings is 4. The summed E-state index contributed by atoms with van der Waals surface area (Å²) in [4.78, 5) is 31.8. The maximum absolute atomic E-state index is 14.3. The van der Waals surface area contributed by atoms with Gasteiger partial charge in [-0.25, -0.2) is 0 Å². The fourth-order valence-corrected chi connectivity index (χ4v) is 6.99. The van der Waals surface area contributed by atoms with Crippen molar-refractivity contribution in [2.75, 3.05) is 32.1 Å². The van der Waals surface area contributed by atoms with Crippen molar-refractivity contribution in [2.24, 2.45) is 0 Å². The third-order valence-electron chi connectivity index (χ3n) is 9.44. The van der Waals surface area contributed by atoms with Gasteiger partial charge in [-0.05, 0) is 91.2 Å². The maximum Gasteiger partial charge on any atom is 0.267 e. The lowest BCUT2D eigenvalue weighted by Gasteiger charge is -2.23. The quantitative estimate of drug-likeness (QED) is 0.225. The second-order valence-corrected chi connectivity index (χ2v) is 12.1. The van der Waals surface area contributed by atoms with E-state index in [1.54, 1.807) is 7.11 Å². The van der Waals surface area contributed by atoms with E-state index in [0.717, 1.165) is 51.8 Å². The van der Waals surface area contributed by atoms with Gasteiger partial charge in [0.25, 0.3) is 11.8 Å². The van der Waals surface area contributed by atoms with E-state index >= 15 is 0 Å². The topological polar surface area (TPSA) is 66.8 Å². The molecule has 1 unspecified atom stereocenters. The molecule has 45 heavy (non-hydrogen) atoms. The number of nitrogens with zero attached hydrogens (tertiary/aromatic N) is 3. The number of para-hydroxylation sites is 1. The van der Waals surface area contributed by atoms with Crippen molar-refractivity contribution < 1.29 is 14.3 Å². The van der Waals surface area contributed by atoms with Crippen LogP contribution in [-0.2, 0) is 13.1 Å². The predicted octanol–water partition coefficient (Wildman–Crippen LogP) is 6.74. The molecule has 7 rings (SSSR count). The van der Waals surface area contributed by atoms with Crippen molar-refractivity contribution in [3.05, 3.63) is 120 Å². The predicted molar refractivity (Wildman–Crippen MR) is 179 cm³/mol. The molecule has 3 heterocycles. The van der Waals surface area contributed by atoms with Crippen LogP contribution in [0.5, 0.6) is 5.75 Å². The van der Waals surface area contributed by atoms with E-state index in [-0.39, 0.29) is 11.8 Å². The lowest BCUT2D eigenvalue weighted by atomic mass is 9.96. The number of ether oxygens (including phenoxy) is 1. The Morgan fingerprint density at radius 3 is 2.56 bits per heavy atom. The van der Waals surface area contributed by atoms with Gasteiger partial charge >= 0.3 is 0 Å². The molecular weight excluding hydrogens is 560 g/mol. The highest BCUT2D eigenvalue weighted by molar-refractivity contribution is 6.08. The molecule has 1 atom stereocenters. The molecule has 7 heteroatoms. The lowest BCUT2D eigenvalue weighted by molar-refractivity contribution is 0.0940. The molecule has 1 fully saturated rings. The van der Waals surface area contributed by atoms with Crippen molar-refractivity contribution in [2.45, 2.75) is 38.4 Å². The summed E-state index contributed by atoms with van der Waals surface area (Å²) in [7, 11) is 3.80. The molecular formula is C38H38N4O3. The number of aromatic nitrogens is 1. The molecule has 0 aliphatic carbocycles. The van der Waals surface area contributed by atoms with E-state index in [1.807, 2.05) is 82.3 Å². The van der Waals surface area contributed by atoms with Crippen LogP contribution in [0.25, 0.3) is 21.9 Å². The Balaban J connectivity index is 1.17. The van der Waals surface area contributed by atoms with Crippen LogP contribution in [0.15, 0.2) is 97.1 Å². The summed E-state index contributed by atoms with van der Waals surface area (Å²) in [5.74, 6) is 0.450. The average Bonchev–Trinajstić information content (AvgIpc) is 3.63. The SMILES string of the molecule is COc1cc(C(=O)N2Cc3ccc(C(=O)NCCC4CCCN4C)n3Cc3ccccc32)ccc1-c1cccc2ccccc12. The van der Waals surface area contributed by atoms with Gasteiger partial charge in [-0.2, -0.15) is 0 Å². The lowest BCUT2D eigenvalue weighted by Crippen LogP contribution is -2.33. The number of hydrogen-bond donors (Lipinski definition) is 1. The number of likely N-dealkylation sites (tertiary alicyclic amines) is 1. The normalized spacial score (nSPS) is 16.2.